The lowest BCUT2D eigenvalue weighted by atomic mass is 9.85. The zero-order chi connectivity index (χ0) is 25.8. The molecule has 3 rings (SSSR count). The highest BCUT2D eigenvalue weighted by molar-refractivity contribution is 6.05. The van der Waals surface area contributed by atoms with Crippen molar-refractivity contribution < 1.29 is 19.1 Å². The van der Waals surface area contributed by atoms with Crippen LogP contribution < -0.4 is 14.8 Å². The molecule has 1 aliphatic rings. The third-order valence-electron chi connectivity index (χ3n) is 5.88. The predicted octanol–water partition coefficient (Wildman–Crippen LogP) is 3.60. The number of likely N-dealkylation sites (N-methyl/N-ethyl adjacent to an activating group) is 1. The average molecular weight is 477 g/mol. The summed E-state index contributed by atoms with van der Waals surface area (Å²) in [5, 5.41) is 20.2. The van der Waals surface area contributed by atoms with Crippen LogP contribution in [0.3, 0.4) is 0 Å². The fraction of sp³-hybridized carbons (Fsp3) is 0.407. The minimum atomic E-state index is -0.283. The van der Waals surface area contributed by atoms with E-state index in [1.807, 2.05) is 52.0 Å². The van der Waals surface area contributed by atoms with E-state index in [2.05, 4.69) is 5.32 Å². The zero-order valence-corrected chi connectivity index (χ0v) is 20.9. The fourth-order valence-corrected chi connectivity index (χ4v) is 4.09. The van der Waals surface area contributed by atoms with Gasteiger partial charge in [0.05, 0.1) is 19.6 Å². The summed E-state index contributed by atoms with van der Waals surface area (Å²) in [6, 6.07) is 10.9. The fourth-order valence-electron chi connectivity index (χ4n) is 4.09. The van der Waals surface area contributed by atoms with E-state index in [-0.39, 0.29) is 42.5 Å². The summed E-state index contributed by atoms with van der Waals surface area (Å²) in [5.74, 6) is 1.21. The molecule has 8 nitrogen and oxygen atoms in total. The van der Waals surface area contributed by atoms with Crippen LogP contribution in [0.5, 0.6) is 11.5 Å². The largest absolute Gasteiger partial charge is 0.494 e. The monoisotopic (exact) mass is 476 g/mol. The molecule has 0 saturated carbocycles. The van der Waals surface area contributed by atoms with Crippen LogP contribution in [-0.4, -0.2) is 49.2 Å². The lowest BCUT2D eigenvalue weighted by molar-refractivity contribution is -0.119. The Bertz CT molecular complexity index is 1190. The number of amidine groups is 1. The molecule has 0 aromatic heterocycles. The first-order chi connectivity index (χ1) is 16.6. The number of amides is 1. The third-order valence-corrected chi connectivity index (χ3v) is 5.88. The van der Waals surface area contributed by atoms with Crippen molar-refractivity contribution >= 4 is 17.5 Å². The lowest BCUT2D eigenvalue weighted by Gasteiger charge is -2.23. The first-order valence-corrected chi connectivity index (χ1v) is 11.6. The Morgan fingerprint density at radius 3 is 2.54 bits per heavy atom. The van der Waals surface area contributed by atoms with E-state index in [1.165, 1.54) is 0 Å². The minimum Gasteiger partial charge on any atom is -0.494 e. The molecular weight excluding hydrogens is 444 g/mol. The normalized spacial score (nSPS) is 12.7. The SMILES string of the molecule is CCOc1cc2c(cc1CC(=O)NC)C(=N)N(CC(=O)c1ccc(OCC#N)c(C(C)(C)C)c1)C2. The number of ketones is 1. The van der Waals surface area contributed by atoms with Crippen LogP contribution in [0.4, 0.5) is 0 Å². The smallest absolute Gasteiger partial charge is 0.224 e. The second kappa shape index (κ2) is 10.6. The number of hydrogen-bond donors (Lipinski definition) is 2. The Morgan fingerprint density at radius 1 is 1.17 bits per heavy atom. The maximum atomic E-state index is 13.2. The highest BCUT2D eigenvalue weighted by atomic mass is 16.5. The zero-order valence-electron chi connectivity index (χ0n) is 20.9. The molecule has 0 atom stereocenters. The van der Waals surface area contributed by atoms with E-state index >= 15 is 0 Å². The molecule has 0 fully saturated rings. The number of benzene rings is 2. The minimum absolute atomic E-state index is 0.0459. The molecule has 0 saturated heterocycles. The summed E-state index contributed by atoms with van der Waals surface area (Å²) in [4.78, 5) is 26.9. The van der Waals surface area contributed by atoms with Crippen LogP contribution in [0.2, 0.25) is 0 Å². The summed E-state index contributed by atoms with van der Waals surface area (Å²) < 4.78 is 11.3. The second-order valence-corrected chi connectivity index (χ2v) is 9.44. The van der Waals surface area contributed by atoms with Crippen LogP contribution in [0.15, 0.2) is 30.3 Å². The van der Waals surface area contributed by atoms with E-state index in [0.717, 1.165) is 11.1 Å². The molecule has 2 N–H and O–H groups in total. The van der Waals surface area contributed by atoms with Gasteiger partial charge in [0.1, 0.15) is 23.4 Å². The number of Topliss-reactive ketones (excluding diaryl/α,β-unsaturated/α-hetero) is 1. The van der Waals surface area contributed by atoms with Gasteiger partial charge in [0, 0.05) is 35.8 Å². The topological polar surface area (TPSA) is 116 Å². The molecule has 1 amide bonds. The first-order valence-electron chi connectivity index (χ1n) is 11.6. The van der Waals surface area contributed by atoms with Gasteiger partial charge in [-0.2, -0.15) is 5.26 Å². The molecule has 0 unspecified atom stereocenters. The Hall–Kier alpha value is -3.86. The lowest BCUT2D eigenvalue weighted by Crippen LogP contribution is -2.30. The van der Waals surface area contributed by atoms with Crippen molar-refractivity contribution in [2.45, 2.75) is 46.1 Å². The van der Waals surface area contributed by atoms with E-state index in [9.17, 15) is 9.59 Å². The Balaban J connectivity index is 1.84. The van der Waals surface area contributed by atoms with Crippen molar-refractivity contribution in [3.8, 4) is 17.6 Å². The molecule has 8 heteroatoms. The predicted molar refractivity (Wildman–Crippen MR) is 133 cm³/mol. The highest BCUT2D eigenvalue weighted by Crippen LogP contribution is 2.34. The van der Waals surface area contributed by atoms with Gasteiger partial charge in [-0.05, 0) is 48.2 Å². The van der Waals surface area contributed by atoms with Gasteiger partial charge in [-0.15, -0.1) is 0 Å². The number of carbonyl (C=O) groups excluding carboxylic acids is 2. The van der Waals surface area contributed by atoms with E-state index in [4.69, 9.17) is 20.1 Å². The van der Waals surface area contributed by atoms with E-state index in [0.29, 0.717) is 41.3 Å². The van der Waals surface area contributed by atoms with Gasteiger partial charge in [-0.1, -0.05) is 20.8 Å². The Labute approximate surface area is 206 Å². The number of fused-ring (bicyclic) bond motifs is 1. The van der Waals surface area contributed by atoms with Crippen LogP contribution in [0.25, 0.3) is 0 Å². The maximum absolute atomic E-state index is 13.2. The number of rotatable bonds is 9. The quantitative estimate of drug-likeness (QED) is 0.535. The Morgan fingerprint density at radius 2 is 1.91 bits per heavy atom. The maximum Gasteiger partial charge on any atom is 0.224 e. The molecule has 2 aromatic rings. The van der Waals surface area contributed by atoms with Gasteiger partial charge in [0.2, 0.25) is 5.91 Å². The van der Waals surface area contributed by atoms with Crippen molar-refractivity contribution in [3.63, 3.8) is 0 Å². The molecule has 0 bridgehead atoms. The van der Waals surface area contributed by atoms with Crippen molar-refractivity contribution in [3.05, 3.63) is 58.1 Å². The van der Waals surface area contributed by atoms with Crippen molar-refractivity contribution in [2.75, 3.05) is 26.8 Å². The molecule has 35 heavy (non-hydrogen) atoms. The number of hydrogen-bond acceptors (Lipinski definition) is 6. The summed E-state index contributed by atoms with van der Waals surface area (Å²) in [6.07, 6.45) is 0.154. The highest BCUT2D eigenvalue weighted by Gasteiger charge is 2.29. The van der Waals surface area contributed by atoms with Gasteiger partial charge in [-0.25, -0.2) is 0 Å². The van der Waals surface area contributed by atoms with Gasteiger partial charge in [0.25, 0.3) is 0 Å². The molecule has 1 aliphatic heterocycles. The molecule has 0 radical (unpaired) electrons. The van der Waals surface area contributed by atoms with Gasteiger partial charge in [-0.3, -0.25) is 15.0 Å². The molecule has 2 aromatic carbocycles. The molecular formula is C27H32N4O4. The van der Waals surface area contributed by atoms with E-state index < -0.39 is 0 Å². The van der Waals surface area contributed by atoms with Crippen LogP contribution >= 0.6 is 0 Å². The molecule has 0 aliphatic carbocycles. The third kappa shape index (κ3) is 5.80. The van der Waals surface area contributed by atoms with Crippen molar-refractivity contribution in [1.29, 1.82) is 10.7 Å². The number of ether oxygens (including phenoxy) is 2. The standard InChI is InChI=1S/C27H32N4O4/c1-6-34-24-13-19-15-31(26(29)20(19)11-18(24)14-25(33)30-5)16-22(32)17-7-8-23(35-10-9-28)21(12-17)27(2,3)4/h7-8,11-13,29H,6,10,14-16H2,1-5H3,(H,30,33). The summed E-state index contributed by atoms with van der Waals surface area (Å²) in [5.41, 5.74) is 3.40. The van der Waals surface area contributed by atoms with Crippen LogP contribution in [-0.2, 0) is 23.2 Å². The van der Waals surface area contributed by atoms with Crippen LogP contribution in [0, 0.1) is 16.7 Å². The second-order valence-electron chi connectivity index (χ2n) is 9.44. The summed E-state index contributed by atoms with van der Waals surface area (Å²) >= 11 is 0. The molecule has 0 spiro atoms. The number of nitrogens with zero attached hydrogens (tertiary/aromatic N) is 2. The van der Waals surface area contributed by atoms with Gasteiger partial charge in [0.15, 0.2) is 12.4 Å². The van der Waals surface area contributed by atoms with Gasteiger partial charge >= 0.3 is 0 Å². The summed E-state index contributed by atoms with van der Waals surface area (Å²) in [6.45, 7) is 8.81. The van der Waals surface area contributed by atoms with Crippen molar-refractivity contribution in [2.24, 2.45) is 0 Å². The molecule has 1 heterocycles. The van der Waals surface area contributed by atoms with Gasteiger partial charge < -0.3 is 19.7 Å². The van der Waals surface area contributed by atoms with E-state index in [1.54, 1.807) is 24.1 Å². The van der Waals surface area contributed by atoms with Crippen molar-refractivity contribution in [1.82, 2.24) is 10.2 Å². The number of nitriles is 1. The number of nitrogens with one attached hydrogen (secondary N) is 2. The number of carbonyl (C=O) groups is 2. The molecule has 184 valence electrons. The average Bonchev–Trinajstić information content (AvgIpc) is 3.11. The first kappa shape index (κ1) is 25.8. The van der Waals surface area contributed by atoms with Crippen LogP contribution in [0.1, 0.15) is 60.3 Å². The Kier molecular flexibility index (Phi) is 7.80. The summed E-state index contributed by atoms with van der Waals surface area (Å²) in [7, 11) is 1.58.